The third kappa shape index (κ3) is 4.57. The van der Waals surface area contributed by atoms with Crippen LogP contribution in [0.15, 0.2) is 0 Å². The van der Waals surface area contributed by atoms with E-state index in [1.54, 1.807) is 0 Å². The molecule has 2 saturated heterocycles. The molecule has 0 amide bonds. The van der Waals surface area contributed by atoms with E-state index in [4.69, 9.17) is 17.0 Å². The van der Waals surface area contributed by atoms with Gasteiger partial charge in [0.1, 0.15) is 0 Å². The topological polar surface area (TPSA) is 27.7 Å². The van der Waals surface area contributed by atoms with Crippen molar-refractivity contribution in [2.24, 2.45) is 0 Å². The minimum Gasteiger partial charge on any atom is -0.379 e. The van der Waals surface area contributed by atoms with Crippen LogP contribution in [0.5, 0.6) is 0 Å². The standard InChI is InChI=1S/C15H29N3OS/c1-13-5-3-6-14(2)18(13)15(20)16-7-4-8-17-9-11-19-12-10-17/h13-14H,3-12H2,1-2H3,(H,16,20)/t13-,14+. The lowest BCUT2D eigenvalue weighted by Crippen LogP contribution is -2.52. The van der Waals surface area contributed by atoms with Gasteiger partial charge in [-0.25, -0.2) is 0 Å². The number of rotatable bonds is 4. The van der Waals surface area contributed by atoms with Crippen molar-refractivity contribution in [2.75, 3.05) is 39.4 Å². The first-order valence-corrected chi connectivity index (χ1v) is 8.45. The molecule has 2 fully saturated rings. The van der Waals surface area contributed by atoms with Gasteiger partial charge in [0, 0.05) is 31.7 Å². The number of nitrogens with zero attached hydrogens (tertiary/aromatic N) is 2. The highest BCUT2D eigenvalue weighted by molar-refractivity contribution is 7.80. The molecule has 4 nitrogen and oxygen atoms in total. The Morgan fingerprint density at radius 2 is 1.85 bits per heavy atom. The summed E-state index contributed by atoms with van der Waals surface area (Å²) < 4.78 is 5.36. The zero-order valence-electron chi connectivity index (χ0n) is 12.9. The average molecular weight is 299 g/mol. The van der Waals surface area contributed by atoms with Crippen molar-refractivity contribution in [3.05, 3.63) is 0 Å². The van der Waals surface area contributed by atoms with Crippen LogP contribution in [0.1, 0.15) is 39.5 Å². The van der Waals surface area contributed by atoms with Crippen molar-refractivity contribution in [3.8, 4) is 0 Å². The van der Waals surface area contributed by atoms with E-state index in [1.165, 1.54) is 19.3 Å². The molecule has 2 aliphatic heterocycles. The molecule has 0 aromatic rings. The number of nitrogens with one attached hydrogen (secondary N) is 1. The minimum absolute atomic E-state index is 0.581. The SMILES string of the molecule is C[C@@H]1CCC[C@H](C)N1C(=S)NCCCN1CCOCC1. The molecule has 20 heavy (non-hydrogen) atoms. The maximum absolute atomic E-state index is 5.58. The highest BCUT2D eigenvalue weighted by atomic mass is 32.1. The van der Waals surface area contributed by atoms with Gasteiger partial charge in [-0.1, -0.05) is 0 Å². The van der Waals surface area contributed by atoms with Gasteiger partial charge in [-0.15, -0.1) is 0 Å². The number of morpholine rings is 1. The van der Waals surface area contributed by atoms with Crippen molar-refractivity contribution in [1.82, 2.24) is 15.1 Å². The van der Waals surface area contributed by atoms with E-state index in [1.807, 2.05) is 0 Å². The fraction of sp³-hybridized carbons (Fsp3) is 0.933. The lowest BCUT2D eigenvalue weighted by atomic mass is 9.98. The summed E-state index contributed by atoms with van der Waals surface area (Å²) in [5, 5.41) is 4.40. The molecule has 2 rings (SSSR count). The molecular weight excluding hydrogens is 270 g/mol. The number of piperidine rings is 1. The zero-order valence-corrected chi connectivity index (χ0v) is 13.8. The zero-order chi connectivity index (χ0) is 14.4. The van der Waals surface area contributed by atoms with Crippen LogP contribution in [-0.2, 0) is 4.74 Å². The Hall–Kier alpha value is -0.390. The van der Waals surface area contributed by atoms with Crippen LogP contribution in [-0.4, -0.2) is 66.4 Å². The highest BCUT2D eigenvalue weighted by Crippen LogP contribution is 2.22. The molecular formula is C15H29N3OS. The van der Waals surface area contributed by atoms with Gasteiger partial charge in [-0.3, -0.25) is 4.90 Å². The van der Waals surface area contributed by atoms with Crippen molar-refractivity contribution in [1.29, 1.82) is 0 Å². The van der Waals surface area contributed by atoms with Crippen molar-refractivity contribution < 1.29 is 4.74 Å². The van der Waals surface area contributed by atoms with Crippen molar-refractivity contribution in [2.45, 2.75) is 51.6 Å². The fourth-order valence-electron chi connectivity index (χ4n) is 3.24. The van der Waals surface area contributed by atoms with E-state index in [2.05, 4.69) is 29.0 Å². The summed E-state index contributed by atoms with van der Waals surface area (Å²) in [6.45, 7) is 10.6. The summed E-state index contributed by atoms with van der Waals surface area (Å²) in [5.41, 5.74) is 0. The molecule has 0 aromatic carbocycles. The van der Waals surface area contributed by atoms with Crippen LogP contribution in [0.3, 0.4) is 0 Å². The predicted octanol–water partition coefficient (Wildman–Crippen LogP) is 1.85. The second kappa shape index (κ2) is 8.15. The summed E-state index contributed by atoms with van der Waals surface area (Å²) >= 11 is 5.58. The van der Waals surface area contributed by atoms with Crippen molar-refractivity contribution >= 4 is 17.3 Å². The molecule has 5 heteroatoms. The number of ether oxygens (including phenoxy) is 1. The second-order valence-electron chi connectivity index (χ2n) is 6.08. The van der Waals surface area contributed by atoms with Gasteiger partial charge in [0.25, 0.3) is 0 Å². The van der Waals surface area contributed by atoms with E-state index >= 15 is 0 Å². The summed E-state index contributed by atoms with van der Waals surface area (Å²) in [4.78, 5) is 4.87. The van der Waals surface area contributed by atoms with Gasteiger partial charge in [0.2, 0.25) is 0 Å². The normalized spacial score (nSPS) is 28.4. The monoisotopic (exact) mass is 299 g/mol. The molecule has 0 spiro atoms. The molecule has 2 heterocycles. The lowest BCUT2D eigenvalue weighted by molar-refractivity contribution is 0.0375. The third-order valence-electron chi connectivity index (χ3n) is 4.46. The first kappa shape index (κ1) is 16.0. The molecule has 1 N–H and O–H groups in total. The first-order chi connectivity index (χ1) is 9.68. The van der Waals surface area contributed by atoms with Crippen LogP contribution in [0.2, 0.25) is 0 Å². The Balaban J connectivity index is 1.64. The van der Waals surface area contributed by atoms with E-state index in [9.17, 15) is 0 Å². The van der Waals surface area contributed by atoms with Crippen LogP contribution in [0.4, 0.5) is 0 Å². The van der Waals surface area contributed by atoms with Gasteiger partial charge >= 0.3 is 0 Å². The molecule has 0 bridgehead atoms. The molecule has 116 valence electrons. The summed E-state index contributed by atoms with van der Waals surface area (Å²) in [5.74, 6) is 0. The maximum Gasteiger partial charge on any atom is 0.169 e. The van der Waals surface area contributed by atoms with Gasteiger partial charge in [0.05, 0.1) is 13.2 Å². The predicted molar refractivity (Wildman–Crippen MR) is 87.1 cm³/mol. The number of hydrogen-bond acceptors (Lipinski definition) is 3. The molecule has 0 radical (unpaired) electrons. The molecule has 2 aliphatic rings. The molecule has 0 aliphatic carbocycles. The summed E-state index contributed by atoms with van der Waals surface area (Å²) in [6, 6.07) is 1.16. The smallest absolute Gasteiger partial charge is 0.169 e. The number of hydrogen-bond donors (Lipinski definition) is 1. The Kier molecular flexibility index (Phi) is 6.52. The Morgan fingerprint density at radius 1 is 1.20 bits per heavy atom. The maximum atomic E-state index is 5.58. The third-order valence-corrected chi connectivity index (χ3v) is 4.81. The van der Waals surface area contributed by atoms with Crippen LogP contribution in [0, 0.1) is 0 Å². The van der Waals surface area contributed by atoms with Gasteiger partial charge in [-0.2, -0.15) is 0 Å². The van der Waals surface area contributed by atoms with Gasteiger partial charge in [-0.05, 0) is 58.3 Å². The highest BCUT2D eigenvalue weighted by Gasteiger charge is 2.26. The van der Waals surface area contributed by atoms with Crippen LogP contribution in [0.25, 0.3) is 0 Å². The molecule has 0 saturated carbocycles. The summed E-state index contributed by atoms with van der Waals surface area (Å²) in [7, 11) is 0. The molecule has 2 atom stereocenters. The second-order valence-corrected chi connectivity index (χ2v) is 6.46. The Morgan fingerprint density at radius 3 is 2.50 bits per heavy atom. The Bertz CT molecular complexity index is 297. The van der Waals surface area contributed by atoms with Gasteiger partial charge in [0.15, 0.2) is 5.11 Å². The number of thiocarbonyl (C=S) groups is 1. The average Bonchev–Trinajstić information content (AvgIpc) is 2.44. The Labute approximate surface area is 128 Å². The largest absolute Gasteiger partial charge is 0.379 e. The van der Waals surface area contributed by atoms with E-state index in [0.29, 0.717) is 12.1 Å². The van der Waals surface area contributed by atoms with Crippen LogP contribution >= 0.6 is 12.2 Å². The molecule has 0 unspecified atom stereocenters. The van der Waals surface area contributed by atoms with Crippen molar-refractivity contribution in [3.63, 3.8) is 0 Å². The quantitative estimate of drug-likeness (QED) is 0.632. The minimum atomic E-state index is 0.581. The molecule has 0 aromatic heterocycles. The van der Waals surface area contributed by atoms with E-state index < -0.39 is 0 Å². The summed E-state index contributed by atoms with van der Waals surface area (Å²) in [6.07, 6.45) is 5.01. The van der Waals surface area contributed by atoms with Crippen LogP contribution < -0.4 is 5.32 Å². The fourth-order valence-corrected chi connectivity index (χ4v) is 3.70. The van der Waals surface area contributed by atoms with Gasteiger partial charge < -0.3 is 15.0 Å². The van der Waals surface area contributed by atoms with E-state index in [0.717, 1.165) is 50.9 Å². The number of likely N-dealkylation sites (tertiary alicyclic amines) is 1. The first-order valence-electron chi connectivity index (χ1n) is 8.04. The lowest BCUT2D eigenvalue weighted by Gasteiger charge is -2.41. The van der Waals surface area contributed by atoms with E-state index in [-0.39, 0.29) is 0 Å².